The highest BCUT2D eigenvalue weighted by atomic mass is 32.2. The number of carbonyl (C=O) groups is 3. The highest BCUT2D eigenvalue weighted by molar-refractivity contribution is 8.02. The van der Waals surface area contributed by atoms with Crippen molar-refractivity contribution >= 4 is 40.9 Å². The molecule has 8 heteroatoms. The van der Waals surface area contributed by atoms with Crippen molar-refractivity contribution in [2.75, 3.05) is 29.5 Å². The summed E-state index contributed by atoms with van der Waals surface area (Å²) in [6.07, 6.45) is 8.07. The molecule has 1 N–H and O–H groups in total. The molecule has 2 saturated heterocycles. The van der Waals surface area contributed by atoms with Crippen LogP contribution in [0, 0.1) is 25.7 Å². The molecule has 2 fully saturated rings. The third-order valence-electron chi connectivity index (χ3n) is 8.96. The molecular weight excluding hydrogens is 522 g/mol. The first-order valence-electron chi connectivity index (χ1n) is 13.9. The van der Waals surface area contributed by atoms with Crippen molar-refractivity contribution in [3.63, 3.8) is 0 Å². The van der Waals surface area contributed by atoms with Crippen LogP contribution in [0.4, 0.5) is 11.4 Å². The van der Waals surface area contributed by atoms with Crippen LogP contribution in [0.1, 0.15) is 25.0 Å². The van der Waals surface area contributed by atoms with Crippen molar-refractivity contribution in [3.05, 3.63) is 84.0 Å². The van der Waals surface area contributed by atoms with E-state index in [0.29, 0.717) is 13.1 Å². The number of fused-ring (bicyclic) bond motifs is 2. The number of aliphatic hydroxyl groups is 1. The van der Waals surface area contributed by atoms with E-state index in [4.69, 9.17) is 0 Å². The molecule has 4 aliphatic heterocycles. The number of hydrogen-bond acceptors (Lipinski definition) is 5. The van der Waals surface area contributed by atoms with Crippen LogP contribution in [-0.4, -0.2) is 69.0 Å². The Bertz CT molecular complexity index is 1440. The summed E-state index contributed by atoms with van der Waals surface area (Å²) in [6.45, 7) is 8.27. The fourth-order valence-electron chi connectivity index (χ4n) is 7.09. The average Bonchev–Trinajstić information content (AvgIpc) is 3.22. The van der Waals surface area contributed by atoms with Crippen molar-refractivity contribution in [3.8, 4) is 0 Å². The Labute approximate surface area is 239 Å². The highest BCUT2D eigenvalue weighted by Crippen LogP contribution is 2.66. The molecule has 1 spiro atoms. The third kappa shape index (κ3) is 3.79. The maximum atomic E-state index is 14.6. The van der Waals surface area contributed by atoms with E-state index in [0.717, 1.165) is 22.5 Å². The largest absolute Gasteiger partial charge is 0.394 e. The van der Waals surface area contributed by atoms with Gasteiger partial charge in [0.25, 0.3) is 5.91 Å². The number of aryl methyl sites for hydroxylation is 2. The van der Waals surface area contributed by atoms with Gasteiger partial charge in [-0.2, -0.15) is 0 Å². The molecule has 0 aromatic heterocycles. The van der Waals surface area contributed by atoms with E-state index in [9.17, 15) is 19.5 Å². The van der Waals surface area contributed by atoms with Gasteiger partial charge in [0.05, 0.1) is 29.2 Å². The number of para-hydroxylation sites is 1. The fourth-order valence-corrected chi connectivity index (χ4v) is 9.23. The lowest BCUT2D eigenvalue weighted by molar-refractivity contribution is -0.141. The van der Waals surface area contributed by atoms with Gasteiger partial charge in [-0.1, -0.05) is 54.6 Å². The Balaban J connectivity index is 1.50. The number of hydrogen-bond donors (Lipinski definition) is 1. The first-order chi connectivity index (χ1) is 19.1. The molecule has 3 amide bonds. The van der Waals surface area contributed by atoms with Gasteiger partial charge in [-0.05, 0) is 57.0 Å². The molecular formula is C32H35N3O4S. The predicted molar refractivity (Wildman–Crippen MR) is 158 cm³/mol. The molecule has 4 heterocycles. The summed E-state index contributed by atoms with van der Waals surface area (Å²) in [4.78, 5) is 48.6. The minimum atomic E-state index is -0.955. The summed E-state index contributed by atoms with van der Waals surface area (Å²) >= 11 is 1.56. The van der Waals surface area contributed by atoms with Gasteiger partial charge in [-0.25, -0.2) is 0 Å². The summed E-state index contributed by atoms with van der Waals surface area (Å²) in [5.74, 6) is -1.96. The van der Waals surface area contributed by atoms with Crippen LogP contribution in [0.3, 0.4) is 0 Å². The zero-order chi connectivity index (χ0) is 28.4. The summed E-state index contributed by atoms with van der Waals surface area (Å²) in [5, 5.41) is 10.2. The Morgan fingerprint density at radius 2 is 1.62 bits per heavy atom. The smallest absolute Gasteiger partial charge is 0.251 e. The van der Waals surface area contributed by atoms with E-state index in [-0.39, 0.29) is 24.3 Å². The summed E-state index contributed by atoms with van der Waals surface area (Å²) < 4.78 is -1.64. The lowest BCUT2D eigenvalue weighted by Crippen LogP contribution is -2.56. The standard InChI is InChI=1S/C32H35N3O4S/c1-20-12-13-21(2)24(18-20)34-17-9-15-32-26(29(38)35(22(3)19-36)27(32)30(34)39)25-28(37)33(23-10-6-5-7-11-23)16-8-14-31(25,4)40-32/h5-15,18,22,25-27,36H,16-17,19H2,1-4H3/t22-,25-,26+,27?,31+,32+/m1/s1. The summed E-state index contributed by atoms with van der Waals surface area (Å²) in [7, 11) is 0. The number of aliphatic hydroxyl groups excluding tert-OH is 1. The lowest BCUT2D eigenvalue weighted by atomic mass is 9.74. The van der Waals surface area contributed by atoms with Crippen molar-refractivity contribution in [1.29, 1.82) is 0 Å². The fraction of sp³-hybridized carbons (Fsp3) is 0.406. The Hall–Kier alpha value is -3.36. The Morgan fingerprint density at radius 3 is 2.35 bits per heavy atom. The van der Waals surface area contributed by atoms with Crippen molar-refractivity contribution in [1.82, 2.24) is 4.90 Å². The number of nitrogens with zero attached hydrogens (tertiary/aromatic N) is 3. The Kier molecular flexibility index (Phi) is 6.46. The predicted octanol–water partition coefficient (Wildman–Crippen LogP) is 3.88. The van der Waals surface area contributed by atoms with Gasteiger partial charge in [0.2, 0.25) is 11.8 Å². The maximum absolute atomic E-state index is 14.6. The average molecular weight is 558 g/mol. The molecule has 2 aromatic carbocycles. The second kappa shape index (κ2) is 9.63. The minimum Gasteiger partial charge on any atom is -0.394 e. The monoisotopic (exact) mass is 557 g/mol. The second-order valence-corrected chi connectivity index (χ2v) is 13.4. The molecule has 6 atom stereocenters. The molecule has 1 unspecified atom stereocenters. The topological polar surface area (TPSA) is 81.2 Å². The van der Waals surface area contributed by atoms with Gasteiger partial charge in [-0.3, -0.25) is 14.4 Å². The molecule has 4 aliphatic rings. The van der Waals surface area contributed by atoms with Gasteiger partial charge < -0.3 is 19.8 Å². The molecule has 0 bridgehead atoms. The van der Waals surface area contributed by atoms with Gasteiger partial charge in [0.15, 0.2) is 0 Å². The number of carbonyl (C=O) groups excluding carboxylic acids is 3. The van der Waals surface area contributed by atoms with E-state index >= 15 is 0 Å². The number of thioether (sulfide) groups is 1. The minimum absolute atomic E-state index is 0.116. The van der Waals surface area contributed by atoms with E-state index < -0.39 is 33.4 Å². The van der Waals surface area contributed by atoms with E-state index in [2.05, 4.69) is 6.08 Å². The summed E-state index contributed by atoms with van der Waals surface area (Å²) in [5.41, 5.74) is 3.61. The second-order valence-electron chi connectivity index (χ2n) is 11.6. The zero-order valence-electron chi connectivity index (χ0n) is 23.3. The van der Waals surface area contributed by atoms with E-state index in [1.165, 1.54) is 0 Å². The molecule has 0 aliphatic carbocycles. The van der Waals surface area contributed by atoms with Gasteiger partial charge in [0, 0.05) is 29.2 Å². The third-order valence-corrected chi connectivity index (χ3v) is 10.8. The van der Waals surface area contributed by atoms with Crippen LogP contribution in [0.5, 0.6) is 0 Å². The molecule has 208 valence electrons. The van der Waals surface area contributed by atoms with Crippen LogP contribution in [0.25, 0.3) is 0 Å². The zero-order valence-corrected chi connectivity index (χ0v) is 24.1. The SMILES string of the molecule is Cc1ccc(C)c(N2CC=C[C@]34S[C@@]5(C)C=CCN(c6ccccc6)C(=O)[C@H]5[C@H]3C(=O)N([C@H](C)CO)C4C2=O)c1. The maximum Gasteiger partial charge on any atom is 0.251 e. The Morgan fingerprint density at radius 1 is 0.925 bits per heavy atom. The summed E-state index contributed by atoms with van der Waals surface area (Å²) in [6, 6.07) is 14.1. The number of amides is 3. The number of likely N-dealkylation sites (tertiary alicyclic amines) is 1. The van der Waals surface area contributed by atoms with Crippen molar-refractivity contribution in [2.45, 2.75) is 49.3 Å². The van der Waals surface area contributed by atoms with Crippen LogP contribution in [-0.2, 0) is 14.4 Å². The van der Waals surface area contributed by atoms with E-state index in [1.807, 2.05) is 87.5 Å². The van der Waals surface area contributed by atoms with Gasteiger partial charge in [-0.15, -0.1) is 11.8 Å². The number of anilines is 2. The number of benzene rings is 2. The van der Waals surface area contributed by atoms with E-state index in [1.54, 1.807) is 33.4 Å². The molecule has 40 heavy (non-hydrogen) atoms. The normalized spacial score (nSPS) is 32.1. The van der Waals surface area contributed by atoms with Crippen molar-refractivity contribution < 1.29 is 19.5 Å². The van der Waals surface area contributed by atoms with Crippen LogP contribution >= 0.6 is 11.8 Å². The first-order valence-corrected chi connectivity index (χ1v) is 14.7. The molecule has 6 rings (SSSR count). The van der Waals surface area contributed by atoms with Crippen LogP contribution in [0.2, 0.25) is 0 Å². The quantitative estimate of drug-likeness (QED) is 0.578. The number of rotatable bonds is 4. The molecule has 7 nitrogen and oxygen atoms in total. The van der Waals surface area contributed by atoms with Crippen LogP contribution < -0.4 is 9.80 Å². The van der Waals surface area contributed by atoms with Crippen LogP contribution in [0.15, 0.2) is 72.8 Å². The molecule has 0 radical (unpaired) electrons. The lowest BCUT2D eigenvalue weighted by Gasteiger charge is -2.39. The van der Waals surface area contributed by atoms with Crippen molar-refractivity contribution in [2.24, 2.45) is 11.8 Å². The van der Waals surface area contributed by atoms with Gasteiger partial charge in [0.1, 0.15) is 6.04 Å². The molecule has 0 saturated carbocycles. The molecule has 2 aromatic rings. The highest BCUT2D eigenvalue weighted by Gasteiger charge is 2.74. The first kappa shape index (κ1) is 26.8. The van der Waals surface area contributed by atoms with Gasteiger partial charge >= 0.3 is 0 Å².